The molecule has 4 rings (SSSR count). The predicted octanol–water partition coefficient (Wildman–Crippen LogP) is 3.16. The van der Waals surface area contributed by atoms with Crippen LogP contribution in [0, 0.1) is 5.41 Å². The lowest BCUT2D eigenvalue weighted by Gasteiger charge is -2.23. The normalized spacial score (nSPS) is 16.6. The number of nitrogens with zero attached hydrogens (tertiary/aromatic N) is 3. The molecule has 10 nitrogen and oxygen atoms in total. The van der Waals surface area contributed by atoms with Crippen molar-refractivity contribution in [3.8, 4) is 17.2 Å². The molecule has 0 fully saturated rings. The zero-order valence-electron chi connectivity index (χ0n) is 18.9. The van der Waals surface area contributed by atoms with Gasteiger partial charge in [0.2, 0.25) is 20.2 Å². The van der Waals surface area contributed by atoms with Crippen LogP contribution in [0.3, 0.4) is 0 Å². The molecule has 2 aromatic carbocycles. The molecule has 0 bridgehead atoms. The van der Waals surface area contributed by atoms with E-state index in [2.05, 4.69) is 9.39 Å². The lowest BCUT2D eigenvalue weighted by atomic mass is 10.1. The fraction of sp³-hybridized carbons (Fsp3) is 0.217. The van der Waals surface area contributed by atoms with Crippen LogP contribution in [0.2, 0.25) is 0 Å². The van der Waals surface area contributed by atoms with Gasteiger partial charge in [-0.2, -0.15) is 9.39 Å². The number of aliphatic imine (C=N–C) groups is 1. The van der Waals surface area contributed by atoms with Crippen molar-refractivity contribution >= 4 is 49.9 Å². The van der Waals surface area contributed by atoms with E-state index in [0.29, 0.717) is 36.7 Å². The molecule has 0 unspecified atom stereocenters. The monoisotopic (exact) mass is 514 g/mol. The number of benzene rings is 2. The number of sulfone groups is 1. The Hall–Kier alpha value is -3.64. The fourth-order valence-corrected chi connectivity index (χ4v) is 5.09. The number of fused-ring (bicyclic) bond motifs is 1. The largest absolute Gasteiger partial charge is 0.493 e. The second-order valence-electron chi connectivity index (χ2n) is 7.45. The summed E-state index contributed by atoms with van der Waals surface area (Å²) in [6, 6.07) is 14.6. The summed E-state index contributed by atoms with van der Waals surface area (Å²) in [6.45, 7) is 0.904. The minimum Gasteiger partial charge on any atom is -0.493 e. The molecular formula is C23H22N4O6S2. The summed E-state index contributed by atoms with van der Waals surface area (Å²) < 4.78 is 44.8. The second kappa shape index (κ2) is 10.3. The molecule has 0 spiro atoms. The SMILES string of the molecule is COc1cc(C=C2C(=N)N3C(=NC2=O)SN=C3S(C)(=O)=O)ccc1OCCCOc1ccccc1. The first-order chi connectivity index (χ1) is 16.8. The number of ether oxygens (including phenoxy) is 3. The van der Waals surface area contributed by atoms with Gasteiger partial charge in [0.05, 0.1) is 37.8 Å². The lowest BCUT2D eigenvalue weighted by molar-refractivity contribution is -0.114. The summed E-state index contributed by atoms with van der Waals surface area (Å²) in [6.07, 6.45) is 3.10. The number of para-hydroxylation sites is 1. The van der Waals surface area contributed by atoms with E-state index < -0.39 is 15.7 Å². The van der Waals surface area contributed by atoms with Crippen molar-refractivity contribution in [2.24, 2.45) is 9.39 Å². The van der Waals surface area contributed by atoms with E-state index in [4.69, 9.17) is 19.6 Å². The maximum absolute atomic E-state index is 12.5. The first-order valence-electron chi connectivity index (χ1n) is 10.5. The third-order valence-corrected chi connectivity index (χ3v) is 6.64. The van der Waals surface area contributed by atoms with Gasteiger partial charge in [-0.15, -0.1) is 0 Å². The van der Waals surface area contributed by atoms with E-state index in [-0.39, 0.29) is 21.7 Å². The van der Waals surface area contributed by atoms with Gasteiger partial charge >= 0.3 is 0 Å². The summed E-state index contributed by atoms with van der Waals surface area (Å²) in [4.78, 5) is 17.5. The van der Waals surface area contributed by atoms with Crippen LogP contribution >= 0.6 is 11.9 Å². The van der Waals surface area contributed by atoms with Crippen LogP contribution in [0.25, 0.3) is 6.08 Å². The predicted molar refractivity (Wildman–Crippen MR) is 135 cm³/mol. The Balaban J connectivity index is 1.45. The topological polar surface area (TPSA) is 131 Å². The van der Waals surface area contributed by atoms with E-state index in [9.17, 15) is 13.2 Å². The van der Waals surface area contributed by atoms with Gasteiger partial charge in [-0.1, -0.05) is 24.3 Å². The molecule has 2 aliphatic heterocycles. The maximum atomic E-state index is 12.5. The third kappa shape index (κ3) is 5.54. The van der Waals surface area contributed by atoms with E-state index in [1.807, 2.05) is 30.3 Å². The molecule has 182 valence electrons. The molecule has 0 atom stereocenters. The minimum atomic E-state index is -3.72. The molecule has 0 aromatic heterocycles. The lowest BCUT2D eigenvalue weighted by Crippen LogP contribution is -2.45. The van der Waals surface area contributed by atoms with E-state index in [0.717, 1.165) is 28.9 Å². The van der Waals surface area contributed by atoms with E-state index in [1.54, 1.807) is 18.2 Å². The van der Waals surface area contributed by atoms with E-state index in [1.165, 1.54) is 13.2 Å². The molecule has 1 N–H and O–H groups in total. The van der Waals surface area contributed by atoms with Gasteiger partial charge in [0.15, 0.2) is 11.5 Å². The van der Waals surface area contributed by atoms with Crippen molar-refractivity contribution in [3.05, 3.63) is 59.7 Å². The number of carbonyl (C=O) groups excluding carboxylic acids is 1. The molecule has 2 heterocycles. The number of hydrogen-bond acceptors (Lipinski definition) is 9. The average molecular weight is 515 g/mol. The number of carbonyl (C=O) groups is 1. The molecular weight excluding hydrogens is 492 g/mol. The number of amidine groups is 3. The van der Waals surface area contributed by atoms with Crippen LogP contribution in [0.1, 0.15) is 12.0 Å². The van der Waals surface area contributed by atoms with Gasteiger partial charge in [-0.3, -0.25) is 10.2 Å². The van der Waals surface area contributed by atoms with Crippen molar-refractivity contribution in [1.82, 2.24) is 4.90 Å². The first-order valence-corrected chi connectivity index (χ1v) is 13.1. The van der Waals surface area contributed by atoms with Crippen LogP contribution in [-0.4, -0.2) is 62.0 Å². The number of amides is 1. The third-order valence-electron chi connectivity index (χ3n) is 4.88. The average Bonchev–Trinajstić information content (AvgIpc) is 3.27. The van der Waals surface area contributed by atoms with Gasteiger partial charge in [0.25, 0.3) is 5.91 Å². The van der Waals surface area contributed by atoms with Crippen LogP contribution in [0.5, 0.6) is 17.2 Å². The standard InChI is InChI=1S/C23H22N4O6S2/c1-31-19-14-15(9-10-18(19)33-12-6-11-32-16-7-4-3-5-8-16)13-17-20(24)27-22(25-21(17)28)34-26-23(27)35(2,29)30/h3-5,7-10,13-14,24H,6,11-12H2,1-2H3. The van der Waals surface area contributed by atoms with Crippen LogP contribution in [-0.2, 0) is 14.6 Å². The Morgan fingerprint density at radius 2 is 1.83 bits per heavy atom. The Labute approximate surface area is 206 Å². The quantitative estimate of drug-likeness (QED) is 0.323. The zero-order chi connectivity index (χ0) is 25.0. The van der Waals surface area contributed by atoms with Gasteiger partial charge in [0.1, 0.15) is 11.6 Å². The number of rotatable bonds is 8. The van der Waals surface area contributed by atoms with Crippen molar-refractivity contribution in [3.63, 3.8) is 0 Å². The maximum Gasteiger partial charge on any atom is 0.283 e. The van der Waals surface area contributed by atoms with Crippen LogP contribution in [0.15, 0.2) is 63.5 Å². The molecule has 1 amide bonds. The second-order valence-corrected chi connectivity index (χ2v) is 10.1. The highest BCUT2D eigenvalue weighted by Gasteiger charge is 2.41. The Bertz CT molecular complexity index is 1350. The summed E-state index contributed by atoms with van der Waals surface area (Å²) in [7, 11) is -2.22. The molecule has 0 aliphatic carbocycles. The molecule has 2 aromatic rings. The van der Waals surface area contributed by atoms with Crippen LogP contribution < -0.4 is 14.2 Å². The first kappa shape index (κ1) is 24.5. The highest BCUT2D eigenvalue weighted by atomic mass is 32.2. The van der Waals surface area contributed by atoms with Crippen molar-refractivity contribution in [2.45, 2.75) is 6.42 Å². The molecule has 12 heteroatoms. The van der Waals surface area contributed by atoms with Crippen molar-refractivity contribution < 1.29 is 27.4 Å². The summed E-state index contributed by atoms with van der Waals surface area (Å²) in [5, 5.41) is 8.13. The van der Waals surface area contributed by atoms with Gasteiger partial charge in [0, 0.05) is 12.7 Å². The molecule has 35 heavy (non-hydrogen) atoms. The summed E-state index contributed by atoms with van der Waals surface area (Å²) >= 11 is 0.745. The van der Waals surface area contributed by atoms with Gasteiger partial charge < -0.3 is 14.2 Å². The summed E-state index contributed by atoms with van der Waals surface area (Å²) in [5.74, 6) is 0.784. The Morgan fingerprint density at radius 3 is 2.54 bits per heavy atom. The molecule has 0 saturated carbocycles. The number of hydrogen-bond donors (Lipinski definition) is 1. The Kier molecular flexibility index (Phi) is 7.22. The fourth-order valence-electron chi connectivity index (χ4n) is 3.25. The highest BCUT2D eigenvalue weighted by molar-refractivity contribution is 8.16. The van der Waals surface area contributed by atoms with E-state index >= 15 is 0 Å². The summed E-state index contributed by atoms with van der Waals surface area (Å²) in [5.41, 5.74) is 0.486. The molecule has 0 saturated heterocycles. The van der Waals surface area contributed by atoms with Gasteiger partial charge in [-0.05, 0) is 35.9 Å². The Morgan fingerprint density at radius 1 is 1.09 bits per heavy atom. The van der Waals surface area contributed by atoms with Crippen molar-refractivity contribution in [1.29, 1.82) is 5.41 Å². The number of nitrogens with one attached hydrogen (secondary N) is 1. The minimum absolute atomic E-state index is 0.0372. The number of methoxy groups -OCH3 is 1. The smallest absolute Gasteiger partial charge is 0.283 e. The highest BCUT2D eigenvalue weighted by Crippen LogP contribution is 2.32. The van der Waals surface area contributed by atoms with Gasteiger partial charge in [-0.25, -0.2) is 13.3 Å². The van der Waals surface area contributed by atoms with Crippen molar-refractivity contribution in [2.75, 3.05) is 26.6 Å². The molecule has 0 radical (unpaired) electrons. The molecule has 2 aliphatic rings. The zero-order valence-corrected chi connectivity index (χ0v) is 20.6. The van der Waals surface area contributed by atoms with Crippen LogP contribution in [0.4, 0.5) is 0 Å².